The van der Waals surface area contributed by atoms with Crippen molar-refractivity contribution in [3.05, 3.63) is 70.1 Å². The van der Waals surface area contributed by atoms with Crippen LogP contribution < -0.4 is 4.74 Å². The largest absolute Gasteiger partial charge is 0.497 e. The van der Waals surface area contributed by atoms with Gasteiger partial charge in [-0.05, 0) is 53.5 Å². The normalized spacial score (nSPS) is 11.1. The molecule has 5 aromatic rings. The Kier molecular flexibility index (Phi) is 5.14. The van der Waals surface area contributed by atoms with Crippen molar-refractivity contribution in [1.82, 2.24) is 19.7 Å². The third-order valence-corrected chi connectivity index (χ3v) is 7.34. The zero-order valence-corrected chi connectivity index (χ0v) is 18.4. The van der Waals surface area contributed by atoms with E-state index >= 15 is 0 Å². The fourth-order valence-corrected chi connectivity index (χ4v) is 5.75. The molecule has 31 heavy (non-hydrogen) atoms. The van der Waals surface area contributed by atoms with Crippen molar-refractivity contribution in [2.75, 3.05) is 7.11 Å². The number of nitro groups is 1. The van der Waals surface area contributed by atoms with E-state index in [-0.39, 0.29) is 5.69 Å². The van der Waals surface area contributed by atoms with E-state index in [1.54, 1.807) is 30.6 Å². The van der Waals surface area contributed by atoms with Crippen molar-refractivity contribution in [2.24, 2.45) is 0 Å². The first-order valence-electron chi connectivity index (χ1n) is 8.99. The average molecular weight is 468 g/mol. The van der Waals surface area contributed by atoms with Gasteiger partial charge >= 0.3 is 0 Å². The Balaban J connectivity index is 1.57. The molecule has 5 rings (SSSR count). The van der Waals surface area contributed by atoms with Crippen LogP contribution in [0, 0.1) is 10.1 Å². The molecule has 0 amide bonds. The molecule has 0 aliphatic carbocycles. The number of non-ortho nitro benzene ring substituents is 1. The monoisotopic (exact) mass is 467 g/mol. The van der Waals surface area contributed by atoms with Gasteiger partial charge in [-0.2, -0.15) is 0 Å². The molecular formula is C20H13N5O3S3. The second-order valence-corrected chi connectivity index (χ2v) is 9.50. The van der Waals surface area contributed by atoms with Crippen molar-refractivity contribution >= 4 is 50.3 Å². The second kappa shape index (κ2) is 8.10. The summed E-state index contributed by atoms with van der Waals surface area (Å²) >= 11 is 4.35. The van der Waals surface area contributed by atoms with Crippen LogP contribution in [-0.4, -0.2) is 31.8 Å². The molecule has 0 radical (unpaired) electrons. The van der Waals surface area contributed by atoms with Crippen LogP contribution in [0.2, 0.25) is 0 Å². The topological polar surface area (TPSA) is 96.0 Å². The Morgan fingerprint density at radius 3 is 2.68 bits per heavy atom. The molecule has 0 fully saturated rings. The van der Waals surface area contributed by atoms with E-state index in [9.17, 15) is 10.1 Å². The molecule has 3 aromatic heterocycles. The molecule has 0 saturated heterocycles. The van der Waals surface area contributed by atoms with Gasteiger partial charge in [0.1, 0.15) is 5.75 Å². The lowest BCUT2D eigenvalue weighted by Crippen LogP contribution is -1.98. The first-order valence-corrected chi connectivity index (χ1v) is 11.5. The molecule has 0 aliphatic rings. The van der Waals surface area contributed by atoms with E-state index < -0.39 is 4.92 Å². The quantitative estimate of drug-likeness (QED) is 0.234. The fourth-order valence-electron chi connectivity index (χ4n) is 2.99. The highest BCUT2D eigenvalue weighted by molar-refractivity contribution is 8.01. The minimum absolute atomic E-state index is 0.0501. The predicted molar refractivity (Wildman–Crippen MR) is 122 cm³/mol. The van der Waals surface area contributed by atoms with Gasteiger partial charge in [0, 0.05) is 12.1 Å². The van der Waals surface area contributed by atoms with Crippen molar-refractivity contribution in [1.29, 1.82) is 0 Å². The zero-order chi connectivity index (χ0) is 21.4. The lowest BCUT2D eigenvalue weighted by molar-refractivity contribution is -0.384. The molecule has 0 saturated carbocycles. The number of ether oxygens (including phenoxy) is 1. The van der Waals surface area contributed by atoms with E-state index in [1.807, 2.05) is 46.3 Å². The minimum Gasteiger partial charge on any atom is -0.497 e. The maximum absolute atomic E-state index is 11.1. The van der Waals surface area contributed by atoms with E-state index in [1.165, 1.54) is 29.2 Å². The molecule has 0 bridgehead atoms. The number of hydrogen-bond donors (Lipinski definition) is 0. The van der Waals surface area contributed by atoms with Gasteiger partial charge in [0.2, 0.25) is 5.16 Å². The number of aromatic nitrogens is 4. The number of rotatable bonds is 6. The van der Waals surface area contributed by atoms with Gasteiger partial charge in [0.15, 0.2) is 10.2 Å². The van der Waals surface area contributed by atoms with Gasteiger partial charge in [0.05, 0.1) is 32.8 Å². The number of fused-ring (bicyclic) bond motifs is 1. The molecule has 0 atom stereocenters. The number of nitrogens with zero attached hydrogens (tertiary/aromatic N) is 5. The first-order chi connectivity index (χ1) is 15.1. The zero-order valence-electron chi connectivity index (χ0n) is 16.0. The summed E-state index contributed by atoms with van der Waals surface area (Å²) in [7, 11) is 1.63. The van der Waals surface area contributed by atoms with E-state index in [4.69, 9.17) is 4.74 Å². The highest BCUT2D eigenvalue weighted by atomic mass is 32.2. The van der Waals surface area contributed by atoms with E-state index in [2.05, 4.69) is 15.2 Å². The SMILES string of the molecule is COc1ccc(-n2c(Sc3nc4ccc([N+](=O)[O-])cc4s3)nnc2-c2cccs2)cc1. The maximum atomic E-state index is 11.1. The van der Waals surface area contributed by atoms with Gasteiger partial charge in [-0.25, -0.2) is 4.98 Å². The van der Waals surface area contributed by atoms with Gasteiger partial charge in [-0.15, -0.1) is 32.9 Å². The summed E-state index contributed by atoms with van der Waals surface area (Å²) < 4.78 is 8.74. The van der Waals surface area contributed by atoms with Crippen molar-refractivity contribution in [3.8, 4) is 22.1 Å². The second-order valence-electron chi connectivity index (χ2n) is 6.31. The number of benzene rings is 2. The molecule has 11 heteroatoms. The maximum Gasteiger partial charge on any atom is 0.270 e. The Morgan fingerprint density at radius 2 is 1.97 bits per heavy atom. The van der Waals surface area contributed by atoms with Gasteiger partial charge in [-0.1, -0.05) is 6.07 Å². The van der Waals surface area contributed by atoms with Crippen LogP contribution in [0.4, 0.5) is 5.69 Å². The summed E-state index contributed by atoms with van der Waals surface area (Å²) in [4.78, 5) is 16.3. The Labute approximate surface area is 188 Å². The third kappa shape index (κ3) is 3.78. The van der Waals surface area contributed by atoms with Gasteiger partial charge in [-0.3, -0.25) is 14.7 Å². The number of nitro benzene ring substituents is 1. The molecular weight excluding hydrogens is 454 g/mol. The highest BCUT2D eigenvalue weighted by Crippen LogP contribution is 2.38. The van der Waals surface area contributed by atoms with Crippen LogP contribution in [0.25, 0.3) is 26.6 Å². The smallest absolute Gasteiger partial charge is 0.270 e. The number of thiazole rings is 1. The summed E-state index contributed by atoms with van der Waals surface area (Å²) in [5, 5.41) is 22.5. The predicted octanol–water partition coefficient (Wildman–Crippen LogP) is 5.67. The van der Waals surface area contributed by atoms with Crippen molar-refractivity contribution in [3.63, 3.8) is 0 Å². The minimum atomic E-state index is -0.403. The number of methoxy groups -OCH3 is 1. The van der Waals surface area contributed by atoms with Crippen LogP contribution in [-0.2, 0) is 0 Å². The van der Waals surface area contributed by atoms with Crippen LogP contribution in [0.5, 0.6) is 5.75 Å². The average Bonchev–Trinajstić information content (AvgIpc) is 3.52. The Bertz CT molecular complexity index is 1380. The van der Waals surface area contributed by atoms with Crippen LogP contribution in [0.15, 0.2) is 69.5 Å². The summed E-state index contributed by atoms with van der Waals surface area (Å²) in [6.45, 7) is 0. The van der Waals surface area contributed by atoms with Gasteiger partial charge < -0.3 is 4.74 Å². The van der Waals surface area contributed by atoms with Crippen LogP contribution in [0.1, 0.15) is 0 Å². The molecule has 2 aromatic carbocycles. The summed E-state index contributed by atoms with van der Waals surface area (Å²) in [5.41, 5.74) is 1.66. The number of thiophene rings is 1. The van der Waals surface area contributed by atoms with E-state index in [0.29, 0.717) is 10.7 Å². The molecule has 0 aliphatic heterocycles. The molecule has 154 valence electrons. The van der Waals surface area contributed by atoms with Crippen molar-refractivity contribution in [2.45, 2.75) is 9.50 Å². The molecule has 0 N–H and O–H groups in total. The Hall–Kier alpha value is -3.28. The van der Waals surface area contributed by atoms with E-state index in [0.717, 1.165) is 31.2 Å². The van der Waals surface area contributed by atoms with Crippen molar-refractivity contribution < 1.29 is 9.66 Å². The third-order valence-electron chi connectivity index (χ3n) is 4.45. The van der Waals surface area contributed by atoms with Crippen LogP contribution in [0.3, 0.4) is 0 Å². The highest BCUT2D eigenvalue weighted by Gasteiger charge is 2.19. The molecule has 0 spiro atoms. The summed E-state index contributed by atoms with van der Waals surface area (Å²) in [5.74, 6) is 1.50. The fraction of sp³-hybridized carbons (Fsp3) is 0.0500. The lowest BCUT2D eigenvalue weighted by Gasteiger charge is -2.09. The molecule has 3 heterocycles. The van der Waals surface area contributed by atoms with Crippen LogP contribution >= 0.6 is 34.4 Å². The summed E-state index contributed by atoms with van der Waals surface area (Å²) in [6.07, 6.45) is 0. The summed E-state index contributed by atoms with van der Waals surface area (Å²) in [6, 6.07) is 16.3. The molecule has 0 unspecified atom stereocenters. The molecule has 8 nitrogen and oxygen atoms in total. The standard InChI is InChI=1S/C20H13N5O3S3/c1-28-14-7-4-12(5-8-14)24-18(16-3-2-10-29-16)22-23-19(24)31-20-21-15-9-6-13(25(26)27)11-17(15)30-20/h2-11H,1H3. The number of hydrogen-bond acceptors (Lipinski definition) is 9. The van der Waals surface area contributed by atoms with Gasteiger partial charge in [0.25, 0.3) is 5.69 Å². The first kappa shape index (κ1) is 19.7. The Morgan fingerprint density at radius 1 is 1.13 bits per heavy atom. The lowest BCUT2D eigenvalue weighted by atomic mass is 10.3.